The summed E-state index contributed by atoms with van der Waals surface area (Å²) in [5, 5.41) is 9.64. The molecule has 0 saturated carbocycles. The molecule has 3 rings (SSSR count). The van der Waals surface area contributed by atoms with Gasteiger partial charge >= 0.3 is 5.97 Å². The van der Waals surface area contributed by atoms with E-state index in [4.69, 9.17) is 9.47 Å². The largest absolute Gasteiger partial charge is 0.481 e. The Hall–Kier alpha value is -2.15. The zero-order valence-electron chi connectivity index (χ0n) is 12.3. The maximum Gasteiger partial charge on any atom is 0.311 e. The minimum absolute atomic E-state index is 0.176. The molecule has 1 N–H and O–H groups in total. The third-order valence-electron chi connectivity index (χ3n) is 4.61. The molecule has 0 unspecified atom stereocenters. The zero-order chi connectivity index (χ0) is 15.7. The molecule has 0 radical (unpaired) electrons. The van der Waals surface area contributed by atoms with Crippen molar-refractivity contribution >= 4 is 11.9 Å². The lowest BCUT2D eigenvalue weighted by atomic mass is 9.74. The van der Waals surface area contributed by atoms with E-state index in [2.05, 4.69) is 4.98 Å². The molecule has 2 fully saturated rings. The van der Waals surface area contributed by atoms with Crippen LogP contribution in [0.4, 0.5) is 0 Å². The smallest absolute Gasteiger partial charge is 0.311 e. The highest BCUT2D eigenvalue weighted by molar-refractivity contribution is 5.97. The van der Waals surface area contributed by atoms with Gasteiger partial charge in [0.1, 0.15) is 5.56 Å². The molecule has 1 aromatic heterocycles. The van der Waals surface area contributed by atoms with E-state index in [-0.39, 0.29) is 24.2 Å². The second kappa shape index (κ2) is 5.57. The van der Waals surface area contributed by atoms with Gasteiger partial charge in [0.05, 0.1) is 19.1 Å². The highest BCUT2D eigenvalue weighted by atomic mass is 16.5. The Bertz CT molecular complexity index is 605. The molecule has 2 saturated heterocycles. The monoisotopic (exact) mass is 306 g/mol. The number of ether oxygens (including phenoxy) is 2. The molecular formula is C15H18N2O5. The van der Waals surface area contributed by atoms with Crippen LogP contribution in [0.15, 0.2) is 18.3 Å². The summed E-state index contributed by atoms with van der Waals surface area (Å²) in [5.41, 5.74) is -0.548. The average Bonchev–Trinajstić information content (AvgIpc) is 2.95. The molecule has 0 bridgehead atoms. The van der Waals surface area contributed by atoms with Gasteiger partial charge in [-0.3, -0.25) is 9.59 Å². The first-order chi connectivity index (χ1) is 10.6. The normalized spacial score (nSPS) is 27.3. The Balaban J connectivity index is 1.87. The quantitative estimate of drug-likeness (QED) is 0.882. The fourth-order valence-corrected chi connectivity index (χ4v) is 3.34. The van der Waals surface area contributed by atoms with Gasteiger partial charge in [-0.2, -0.15) is 0 Å². The number of pyridine rings is 1. The summed E-state index contributed by atoms with van der Waals surface area (Å²) >= 11 is 0. The molecule has 0 spiro atoms. The van der Waals surface area contributed by atoms with Crippen molar-refractivity contribution in [2.75, 3.05) is 33.4 Å². The SMILES string of the molecule is COc1ncccc1C(=O)N1C[C@H]2COCC[C@@]2(C(=O)O)C1. The summed E-state index contributed by atoms with van der Waals surface area (Å²) in [7, 11) is 1.45. The molecule has 1 aromatic rings. The van der Waals surface area contributed by atoms with Crippen molar-refractivity contribution in [1.82, 2.24) is 9.88 Å². The molecule has 0 aromatic carbocycles. The maximum absolute atomic E-state index is 12.7. The molecule has 2 atom stereocenters. The average molecular weight is 306 g/mol. The second-order valence-corrected chi connectivity index (χ2v) is 5.73. The lowest BCUT2D eigenvalue weighted by molar-refractivity contribution is -0.157. The van der Waals surface area contributed by atoms with E-state index < -0.39 is 11.4 Å². The Labute approximate surface area is 127 Å². The number of hydrogen-bond acceptors (Lipinski definition) is 5. The van der Waals surface area contributed by atoms with Gasteiger partial charge in [0.2, 0.25) is 5.88 Å². The fourth-order valence-electron chi connectivity index (χ4n) is 3.34. The number of amides is 1. The van der Waals surface area contributed by atoms with E-state index in [1.807, 2.05) is 0 Å². The number of aromatic nitrogens is 1. The number of methoxy groups -OCH3 is 1. The van der Waals surface area contributed by atoms with E-state index >= 15 is 0 Å². The van der Waals surface area contributed by atoms with Crippen LogP contribution in [0.25, 0.3) is 0 Å². The third-order valence-corrected chi connectivity index (χ3v) is 4.61. The van der Waals surface area contributed by atoms with Crippen molar-refractivity contribution in [3.63, 3.8) is 0 Å². The topological polar surface area (TPSA) is 89.0 Å². The number of fused-ring (bicyclic) bond motifs is 1. The maximum atomic E-state index is 12.7. The van der Waals surface area contributed by atoms with Crippen LogP contribution in [0, 0.1) is 11.3 Å². The number of carboxylic acid groups (broad SMARTS) is 1. The molecule has 0 aliphatic carbocycles. The Kier molecular flexibility index (Phi) is 3.74. The van der Waals surface area contributed by atoms with Crippen molar-refractivity contribution in [1.29, 1.82) is 0 Å². The molecule has 7 nitrogen and oxygen atoms in total. The van der Waals surface area contributed by atoms with Crippen LogP contribution in [-0.4, -0.2) is 60.3 Å². The summed E-state index contributed by atoms with van der Waals surface area (Å²) in [6, 6.07) is 3.30. The first kappa shape index (κ1) is 14.8. The van der Waals surface area contributed by atoms with E-state index in [0.29, 0.717) is 31.7 Å². The van der Waals surface area contributed by atoms with E-state index in [1.165, 1.54) is 7.11 Å². The van der Waals surface area contributed by atoms with Gasteiger partial charge < -0.3 is 19.5 Å². The van der Waals surface area contributed by atoms with Crippen LogP contribution >= 0.6 is 0 Å². The van der Waals surface area contributed by atoms with Gasteiger partial charge in [0.25, 0.3) is 5.91 Å². The fraction of sp³-hybridized carbons (Fsp3) is 0.533. The summed E-state index contributed by atoms with van der Waals surface area (Å²) in [6.07, 6.45) is 1.98. The number of carbonyl (C=O) groups is 2. The zero-order valence-corrected chi connectivity index (χ0v) is 12.3. The highest BCUT2D eigenvalue weighted by Crippen LogP contribution is 2.43. The molecule has 2 aliphatic rings. The van der Waals surface area contributed by atoms with Gasteiger partial charge in [0.15, 0.2) is 0 Å². The Morgan fingerprint density at radius 1 is 1.55 bits per heavy atom. The van der Waals surface area contributed by atoms with Gasteiger partial charge in [0, 0.05) is 31.8 Å². The number of rotatable bonds is 3. The number of aliphatic carboxylic acids is 1. The third kappa shape index (κ3) is 2.21. The van der Waals surface area contributed by atoms with Crippen LogP contribution in [0.3, 0.4) is 0 Å². The van der Waals surface area contributed by atoms with Gasteiger partial charge in [-0.05, 0) is 18.6 Å². The Morgan fingerprint density at radius 3 is 3.05 bits per heavy atom. The highest BCUT2D eigenvalue weighted by Gasteiger charge is 2.55. The summed E-state index contributed by atoms with van der Waals surface area (Å²) in [4.78, 5) is 30.1. The second-order valence-electron chi connectivity index (χ2n) is 5.73. The lowest BCUT2D eigenvalue weighted by Crippen LogP contribution is -2.45. The minimum Gasteiger partial charge on any atom is -0.481 e. The van der Waals surface area contributed by atoms with Gasteiger partial charge in [-0.1, -0.05) is 0 Å². The van der Waals surface area contributed by atoms with Crippen LogP contribution in [0.5, 0.6) is 5.88 Å². The van der Waals surface area contributed by atoms with Crippen LogP contribution in [0.2, 0.25) is 0 Å². The minimum atomic E-state index is -0.899. The molecule has 1 amide bonds. The number of likely N-dealkylation sites (tertiary alicyclic amines) is 1. The summed E-state index contributed by atoms with van der Waals surface area (Å²) < 4.78 is 10.5. The van der Waals surface area contributed by atoms with Crippen molar-refractivity contribution in [2.45, 2.75) is 6.42 Å². The predicted molar refractivity (Wildman–Crippen MR) is 75.7 cm³/mol. The van der Waals surface area contributed by atoms with E-state index in [0.717, 1.165) is 0 Å². The molecule has 7 heteroatoms. The molecule has 3 heterocycles. The number of carboxylic acids is 1. The van der Waals surface area contributed by atoms with Crippen molar-refractivity contribution in [2.24, 2.45) is 11.3 Å². The number of hydrogen-bond donors (Lipinski definition) is 1. The predicted octanol–water partition coefficient (Wildman–Crippen LogP) is 0.653. The van der Waals surface area contributed by atoms with Gasteiger partial charge in [-0.25, -0.2) is 4.98 Å². The van der Waals surface area contributed by atoms with Crippen LogP contribution < -0.4 is 4.74 Å². The molecular weight excluding hydrogens is 288 g/mol. The molecule has 2 aliphatic heterocycles. The molecule has 22 heavy (non-hydrogen) atoms. The van der Waals surface area contributed by atoms with Gasteiger partial charge in [-0.15, -0.1) is 0 Å². The standard InChI is InChI=1S/C15H18N2O5/c1-21-12-11(3-2-5-16-12)13(18)17-7-10-8-22-6-4-15(10,9-17)14(19)20/h2-3,5,10H,4,6-9H2,1H3,(H,19,20)/t10-,15+/m0/s1. The van der Waals surface area contributed by atoms with Crippen molar-refractivity contribution in [3.05, 3.63) is 23.9 Å². The number of nitrogens with zero attached hydrogens (tertiary/aromatic N) is 2. The van der Waals surface area contributed by atoms with Crippen molar-refractivity contribution in [3.8, 4) is 5.88 Å². The van der Waals surface area contributed by atoms with Crippen molar-refractivity contribution < 1.29 is 24.2 Å². The number of carbonyl (C=O) groups excluding carboxylic acids is 1. The molecule has 118 valence electrons. The first-order valence-electron chi connectivity index (χ1n) is 7.18. The van der Waals surface area contributed by atoms with E-state index in [1.54, 1.807) is 23.2 Å². The summed E-state index contributed by atoms with van der Waals surface area (Å²) in [6.45, 7) is 1.37. The summed E-state index contributed by atoms with van der Waals surface area (Å²) in [5.74, 6) is -1.03. The van der Waals surface area contributed by atoms with Crippen LogP contribution in [0.1, 0.15) is 16.8 Å². The van der Waals surface area contributed by atoms with Crippen LogP contribution in [-0.2, 0) is 9.53 Å². The van der Waals surface area contributed by atoms with E-state index in [9.17, 15) is 14.7 Å². The Morgan fingerprint density at radius 2 is 2.36 bits per heavy atom. The lowest BCUT2D eigenvalue weighted by Gasteiger charge is -2.33. The first-order valence-corrected chi connectivity index (χ1v) is 7.18.